The lowest BCUT2D eigenvalue weighted by Crippen LogP contribution is -2.00. The molecule has 2 aromatic rings. The number of H-pyrrole nitrogens is 1. The first kappa shape index (κ1) is 11.0. The smallest absolute Gasteiger partial charge is 0.107 e. The van der Waals surface area contributed by atoms with E-state index < -0.39 is 0 Å². The summed E-state index contributed by atoms with van der Waals surface area (Å²) in [6.45, 7) is 1.80. The Hall–Kier alpha value is -1.55. The average molecular weight is 219 g/mol. The maximum atomic E-state index is 9.16. The number of aromatic amines is 1. The Labute approximate surface area is 94.5 Å². The van der Waals surface area contributed by atoms with Crippen LogP contribution < -0.4 is 5.73 Å². The van der Waals surface area contributed by atoms with E-state index in [2.05, 4.69) is 9.97 Å². The molecule has 16 heavy (non-hydrogen) atoms. The average Bonchev–Trinajstić information content (AvgIpc) is 2.58. The summed E-state index contributed by atoms with van der Waals surface area (Å²) < 4.78 is 0. The number of hydrogen-bond acceptors (Lipinski definition) is 3. The van der Waals surface area contributed by atoms with Gasteiger partial charge < -0.3 is 15.8 Å². The molecule has 1 unspecified atom stereocenters. The molecule has 0 saturated heterocycles. The monoisotopic (exact) mass is 219 g/mol. The molecular formula is C12H17N3O. The van der Waals surface area contributed by atoms with Gasteiger partial charge in [0.25, 0.3) is 0 Å². The van der Waals surface area contributed by atoms with Gasteiger partial charge in [-0.25, -0.2) is 4.98 Å². The predicted molar refractivity (Wildman–Crippen MR) is 65.1 cm³/mol. The number of anilines is 1. The highest BCUT2D eigenvalue weighted by Gasteiger charge is 2.03. The van der Waals surface area contributed by atoms with Gasteiger partial charge in [0, 0.05) is 12.1 Å². The first-order valence-corrected chi connectivity index (χ1v) is 5.57. The van der Waals surface area contributed by atoms with E-state index >= 15 is 0 Å². The van der Waals surface area contributed by atoms with Gasteiger partial charge in [0.2, 0.25) is 0 Å². The van der Waals surface area contributed by atoms with Gasteiger partial charge >= 0.3 is 0 Å². The van der Waals surface area contributed by atoms with Crippen LogP contribution in [0.25, 0.3) is 11.0 Å². The Morgan fingerprint density at radius 1 is 1.50 bits per heavy atom. The van der Waals surface area contributed by atoms with Crippen molar-refractivity contribution < 1.29 is 5.11 Å². The molecule has 1 heterocycles. The van der Waals surface area contributed by atoms with Crippen LogP contribution in [0, 0.1) is 0 Å². The Bertz CT molecular complexity index is 476. The van der Waals surface area contributed by atoms with Gasteiger partial charge in [0.1, 0.15) is 5.82 Å². The Kier molecular flexibility index (Phi) is 3.10. The van der Waals surface area contributed by atoms with Crippen molar-refractivity contribution in [1.29, 1.82) is 0 Å². The van der Waals surface area contributed by atoms with Crippen molar-refractivity contribution in [3.8, 4) is 0 Å². The van der Waals surface area contributed by atoms with E-state index in [0.717, 1.165) is 41.8 Å². The zero-order chi connectivity index (χ0) is 11.5. The van der Waals surface area contributed by atoms with Gasteiger partial charge in [0.05, 0.1) is 17.1 Å². The van der Waals surface area contributed by atoms with Crippen LogP contribution in [0.5, 0.6) is 0 Å². The quantitative estimate of drug-likeness (QED) is 0.687. The van der Waals surface area contributed by atoms with Crippen molar-refractivity contribution in [1.82, 2.24) is 9.97 Å². The largest absolute Gasteiger partial charge is 0.399 e. The number of fused-ring (bicyclic) bond motifs is 1. The van der Waals surface area contributed by atoms with Gasteiger partial charge in [-0.1, -0.05) is 0 Å². The van der Waals surface area contributed by atoms with Crippen molar-refractivity contribution in [3.05, 3.63) is 24.0 Å². The molecule has 1 aromatic heterocycles. The maximum Gasteiger partial charge on any atom is 0.107 e. The molecule has 4 nitrogen and oxygen atoms in total. The zero-order valence-electron chi connectivity index (χ0n) is 9.40. The molecular weight excluding hydrogens is 202 g/mol. The third-order valence-corrected chi connectivity index (χ3v) is 2.59. The topological polar surface area (TPSA) is 74.9 Å². The van der Waals surface area contributed by atoms with E-state index in [1.807, 2.05) is 18.2 Å². The molecule has 0 aliphatic heterocycles. The molecule has 4 heteroatoms. The first-order valence-electron chi connectivity index (χ1n) is 5.57. The number of benzene rings is 1. The highest BCUT2D eigenvalue weighted by molar-refractivity contribution is 5.78. The summed E-state index contributed by atoms with van der Waals surface area (Å²) in [7, 11) is 0. The molecule has 0 radical (unpaired) electrons. The van der Waals surface area contributed by atoms with E-state index in [1.165, 1.54) is 0 Å². The molecule has 0 amide bonds. The summed E-state index contributed by atoms with van der Waals surface area (Å²) in [6, 6.07) is 5.66. The van der Waals surface area contributed by atoms with Gasteiger partial charge in [-0.15, -0.1) is 0 Å². The molecule has 0 fully saturated rings. The number of nitrogens with two attached hydrogens (primary N) is 1. The molecule has 0 aliphatic rings. The predicted octanol–water partition coefficient (Wildman–Crippen LogP) is 1.85. The van der Waals surface area contributed by atoms with Crippen LogP contribution in [-0.2, 0) is 6.42 Å². The summed E-state index contributed by atoms with van der Waals surface area (Å²) in [4.78, 5) is 7.70. The lowest BCUT2D eigenvalue weighted by atomic mass is 10.2. The number of rotatable bonds is 4. The van der Waals surface area contributed by atoms with Crippen LogP contribution in [-0.4, -0.2) is 21.2 Å². The Morgan fingerprint density at radius 2 is 2.31 bits per heavy atom. The summed E-state index contributed by atoms with van der Waals surface area (Å²) >= 11 is 0. The van der Waals surface area contributed by atoms with E-state index in [4.69, 9.17) is 10.8 Å². The molecule has 2 rings (SSSR count). The number of aryl methyl sites for hydroxylation is 1. The second-order valence-electron chi connectivity index (χ2n) is 4.20. The van der Waals surface area contributed by atoms with Crippen molar-refractivity contribution in [2.24, 2.45) is 0 Å². The maximum absolute atomic E-state index is 9.16. The summed E-state index contributed by atoms with van der Waals surface area (Å²) in [5.41, 5.74) is 8.36. The zero-order valence-corrected chi connectivity index (χ0v) is 9.40. The molecule has 4 N–H and O–H groups in total. The van der Waals surface area contributed by atoms with Crippen LogP contribution in [0.2, 0.25) is 0 Å². The summed E-state index contributed by atoms with van der Waals surface area (Å²) in [5, 5.41) is 9.16. The molecule has 0 bridgehead atoms. The van der Waals surface area contributed by atoms with Crippen LogP contribution in [0.3, 0.4) is 0 Å². The van der Waals surface area contributed by atoms with Gasteiger partial charge in [0.15, 0.2) is 0 Å². The third-order valence-electron chi connectivity index (χ3n) is 2.59. The first-order chi connectivity index (χ1) is 7.65. The number of nitrogens with one attached hydrogen (secondary N) is 1. The number of nitrogen functional groups attached to an aromatic ring is 1. The standard InChI is InChI=1S/C12H17N3O/c1-8(16)3-2-4-12-14-10-6-5-9(13)7-11(10)15-12/h5-8,16H,2-4,13H2,1H3,(H,14,15). The molecule has 0 aliphatic carbocycles. The fourth-order valence-corrected chi connectivity index (χ4v) is 1.76. The van der Waals surface area contributed by atoms with Gasteiger partial charge in [-0.05, 0) is 38.0 Å². The number of aromatic nitrogens is 2. The lowest BCUT2D eigenvalue weighted by Gasteiger charge is -2.00. The van der Waals surface area contributed by atoms with Crippen molar-refractivity contribution in [2.75, 3.05) is 5.73 Å². The van der Waals surface area contributed by atoms with Crippen molar-refractivity contribution in [3.63, 3.8) is 0 Å². The summed E-state index contributed by atoms with van der Waals surface area (Å²) in [6.07, 6.45) is 2.37. The molecule has 1 aromatic carbocycles. The minimum absolute atomic E-state index is 0.236. The number of hydrogen-bond donors (Lipinski definition) is 3. The normalized spacial score (nSPS) is 13.1. The number of aliphatic hydroxyl groups excluding tert-OH is 1. The molecule has 1 atom stereocenters. The van der Waals surface area contributed by atoms with Crippen LogP contribution in [0.15, 0.2) is 18.2 Å². The van der Waals surface area contributed by atoms with Gasteiger partial charge in [-0.3, -0.25) is 0 Å². The third kappa shape index (κ3) is 2.52. The number of imidazole rings is 1. The Morgan fingerprint density at radius 3 is 3.06 bits per heavy atom. The van der Waals surface area contributed by atoms with E-state index in [9.17, 15) is 0 Å². The highest BCUT2D eigenvalue weighted by atomic mass is 16.3. The van der Waals surface area contributed by atoms with Crippen LogP contribution in [0.1, 0.15) is 25.6 Å². The van der Waals surface area contributed by atoms with Crippen molar-refractivity contribution in [2.45, 2.75) is 32.3 Å². The minimum atomic E-state index is -0.236. The van der Waals surface area contributed by atoms with Crippen LogP contribution >= 0.6 is 0 Å². The fraction of sp³-hybridized carbons (Fsp3) is 0.417. The van der Waals surface area contributed by atoms with E-state index in [-0.39, 0.29) is 6.10 Å². The molecule has 0 spiro atoms. The SMILES string of the molecule is CC(O)CCCc1nc2ccc(N)cc2[nH]1. The minimum Gasteiger partial charge on any atom is -0.399 e. The summed E-state index contributed by atoms with van der Waals surface area (Å²) in [5.74, 6) is 0.959. The molecule has 0 saturated carbocycles. The van der Waals surface area contributed by atoms with Crippen LogP contribution in [0.4, 0.5) is 5.69 Å². The van der Waals surface area contributed by atoms with E-state index in [1.54, 1.807) is 6.92 Å². The second kappa shape index (κ2) is 4.53. The van der Waals surface area contributed by atoms with E-state index in [0.29, 0.717) is 0 Å². The lowest BCUT2D eigenvalue weighted by molar-refractivity contribution is 0.181. The van der Waals surface area contributed by atoms with Gasteiger partial charge in [-0.2, -0.15) is 0 Å². The number of aliphatic hydroxyl groups is 1. The Balaban J connectivity index is 2.08. The fourth-order valence-electron chi connectivity index (χ4n) is 1.76. The number of nitrogens with zero attached hydrogens (tertiary/aromatic N) is 1. The highest BCUT2D eigenvalue weighted by Crippen LogP contribution is 2.16. The molecule has 86 valence electrons. The van der Waals surface area contributed by atoms with Crippen molar-refractivity contribution >= 4 is 16.7 Å². The second-order valence-corrected chi connectivity index (χ2v) is 4.20.